The van der Waals surface area contributed by atoms with Crippen LogP contribution in [-0.4, -0.2) is 55.2 Å². The Hall–Kier alpha value is -1.92. The number of benzene rings is 1. The van der Waals surface area contributed by atoms with Gasteiger partial charge in [0.05, 0.1) is 19.7 Å². The third kappa shape index (κ3) is 5.93. The fourth-order valence-electron chi connectivity index (χ4n) is 1.91. The molecule has 0 heterocycles. The highest BCUT2D eigenvalue weighted by atomic mass is 16.5. The lowest BCUT2D eigenvalue weighted by Crippen LogP contribution is -2.38. The van der Waals surface area contributed by atoms with Crippen LogP contribution in [0.1, 0.15) is 11.1 Å². The van der Waals surface area contributed by atoms with Crippen molar-refractivity contribution < 1.29 is 19.4 Å². The van der Waals surface area contributed by atoms with Gasteiger partial charge in [0.15, 0.2) is 0 Å². The van der Waals surface area contributed by atoms with Gasteiger partial charge in [-0.15, -0.1) is 0 Å². The molecule has 0 aliphatic carbocycles. The van der Waals surface area contributed by atoms with E-state index in [1.165, 1.54) is 12.0 Å². The molecule has 1 aromatic rings. The van der Waals surface area contributed by atoms with Crippen LogP contribution in [-0.2, 0) is 14.3 Å². The Bertz CT molecular complexity index is 502. The molecule has 6 heteroatoms. The lowest BCUT2D eigenvalue weighted by molar-refractivity contribution is -0.138. The van der Waals surface area contributed by atoms with Gasteiger partial charge < -0.3 is 15.2 Å². The van der Waals surface area contributed by atoms with Crippen LogP contribution >= 0.6 is 0 Å². The zero-order valence-electron chi connectivity index (χ0n) is 12.7. The first-order valence-electron chi connectivity index (χ1n) is 6.73. The van der Waals surface area contributed by atoms with Gasteiger partial charge in [0, 0.05) is 19.3 Å². The molecule has 6 nitrogen and oxygen atoms in total. The molecule has 116 valence electrons. The SMILES string of the molecule is COCCN(CC(=O)O)CC(=O)Nc1cccc(C)c1C. The number of aliphatic carboxylic acids is 1. The van der Waals surface area contributed by atoms with E-state index in [0.717, 1.165) is 16.8 Å². The van der Waals surface area contributed by atoms with E-state index in [-0.39, 0.29) is 19.0 Å². The van der Waals surface area contributed by atoms with Gasteiger partial charge in [-0.2, -0.15) is 0 Å². The second-order valence-corrected chi connectivity index (χ2v) is 4.89. The van der Waals surface area contributed by atoms with Crippen molar-refractivity contribution in [3.63, 3.8) is 0 Å². The van der Waals surface area contributed by atoms with E-state index in [4.69, 9.17) is 9.84 Å². The molecule has 1 aromatic carbocycles. The first-order valence-corrected chi connectivity index (χ1v) is 6.73. The number of carbonyl (C=O) groups excluding carboxylic acids is 1. The van der Waals surface area contributed by atoms with Gasteiger partial charge in [-0.3, -0.25) is 14.5 Å². The first-order chi connectivity index (χ1) is 9.93. The summed E-state index contributed by atoms with van der Waals surface area (Å²) in [6.45, 7) is 4.50. The Balaban J connectivity index is 2.64. The number of nitrogens with one attached hydrogen (secondary N) is 1. The number of nitrogens with zero attached hydrogens (tertiary/aromatic N) is 1. The van der Waals surface area contributed by atoms with E-state index in [9.17, 15) is 9.59 Å². The standard InChI is InChI=1S/C15H22N2O4/c1-11-5-4-6-13(12(11)2)16-14(18)9-17(7-8-21-3)10-15(19)20/h4-6H,7-10H2,1-3H3,(H,16,18)(H,19,20). The molecule has 0 bridgehead atoms. The summed E-state index contributed by atoms with van der Waals surface area (Å²) in [5.41, 5.74) is 2.85. The molecule has 1 rings (SSSR count). The van der Waals surface area contributed by atoms with Crippen LogP contribution < -0.4 is 5.32 Å². The molecule has 0 spiro atoms. The van der Waals surface area contributed by atoms with Crippen LogP contribution in [0.5, 0.6) is 0 Å². The van der Waals surface area contributed by atoms with Crippen LogP contribution in [0.3, 0.4) is 0 Å². The predicted molar refractivity (Wildman–Crippen MR) is 80.5 cm³/mol. The highest BCUT2D eigenvalue weighted by Gasteiger charge is 2.14. The average molecular weight is 294 g/mol. The number of hydrogen-bond donors (Lipinski definition) is 2. The number of anilines is 1. The van der Waals surface area contributed by atoms with Crippen LogP contribution in [0.2, 0.25) is 0 Å². The van der Waals surface area contributed by atoms with Crippen LogP contribution in [0.15, 0.2) is 18.2 Å². The summed E-state index contributed by atoms with van der Waals surface area (Å²) < 4.78 is 4.92. The van der Waals surface area contributed by atoms with Crippen molar-refractivity contribution in [3.05, 3.63) is 29.3 Å². The minimum Gasteiger partial charge on any atom is -0.480 e. The Morgan fingerprint density at radius 3 is 2.62 bits per heavy atom. The maximum Gasteiger partial charge on any atom is 0.317 e. The van der Waals surface area contributed by atoms with Gasteiger partial charge in [0.1, 0.15) is 0 Å². The fraction of sp³-hybridized carbons (Fsp3) is 0.467. The molecule has 0 radical (unpaired) electrons. The minimum atomic E-state index is -0.967. The van der Waals surface area contributed by atoms with Crippen LogP contribution in [0, 0.1) is 13.8 Å². The molecule has 21 heavy (non-hydrogen) atoms. The van der Waals surface area contributed by atoms with Crippen molar-refractivity contribution >= 4 is 17.6 Å². The number of carboxylic acids is 1. The summed E-state index contributed by atoms with van der Waals surface area (Å²) in [4.78, 5) is 24.4. The van der Waals surface area contributed by atoms with Crippen molar-refractivity contribution in [1.29, 1.82) is 0 Å². The summed E-state index contributed by atoms with van der Waals surface area (Å²) in [6, 6.07) is 5.68. The third-order valence-electron chi connectivity index (χ3n) is 3.22. The summed E-state index contributed by atoms with van der Waals surface area (Å²) in [5.74, 6) is -1.20. The van der Waals surface area contributed by atoms with Crippen molar-refractivity contribution in [2.75, 3.05) is 38.7 Å². The van der Waals surface area contributed by atoms with E-state index < -0.39 is 5.97 Å². The zero-order chi connectivity index (χ0) is 15.8. The van der Waals surface area contributed by atoms with E-state index in [2.05, 4.69) is 5.32 Å². The number of carboxylic acid groups (broad SMARTS) is 1. The quantitative estimate of drug-likeness (QED) is 0.755. The minimum absolute atomic E-state index is 0.0169. The molecular formula is C15H22N2O4. The molecule has 0 aromatic heterocycles. The molecule has 0 fully saturated rings. The van der Waals surface area contributed by atoms with Gasteiger partial charge >= 0.3 is 5.97 Å². The molecule has 0 aliphatic rings. The first kappa shape index (κ1) is 17.1. The average Bonchev–Trinajstić information content (AvgIpc) is 2.40. The zero-order valence-corrected chi connectivity index (χ0v) is 12.7. The van der Waals surface area contributed by atoms with E-state index in [0.29, 0.717) is 13.2 Å². The summed E-state index contributed by atoms with van der Waals surface area (Å²) in [5, 5.41) is 11.7. The number of rotatable bonds is 8. The molecule has 2 N–H and O–H groups in total. The van der Waals surface area contributed by atoms with Gasteiger partial charge in [-0.05, 0) is 31.0 Å². The number of amides is 1. The highest BCUT2D eigenvalue weighted by molar-refractivity contribution is 5.93. The number of aryl methyl sites for hydroxylation is 1. The molecule has 0 aliphatic heterocycles. The normalized spacial score (nSPS) is 10.7. The number of ether oxygens (including phenoxy) is 1. The lowest BCUT2D eigenvalue weighted by atomic mass is 10.1. The van der Waals surface area contributed by atoms with Crippen molar-refractivity contribution in [1.82, 2.24) is 4.90 Å². The second-order valence-electron chi connectivity index (χ2n) is 4.89. The summed E-state index contributed by atoms with van der Waals surface area (Å²) in [7, 11) is 1.54. The largest absolute Gasteiger partial charge is 0.480 e. The van der Waals surface area contributed by atoms with Crippen LogP contribution in [0.25, 0.3) is 0 Å². The van der Waals surface area contributed by atoms with Crippen molar-refractivity contribution in [2.24, 2.45) is 0 Å². The number of carbonyl (C=O) groups is 2. The van der Waals surface area contributed by atoms with Gasteiger partial charge in [-0.1, -0.05) is 12.1 Å². The number of hydrogen-bond acceptors (Lipinski definition) is 4. The Morgan fingerprint density at radius 1 is 1.29 bits per heavy atom. The topological polar surface area (TPSA) is 78.9 Å². The molecule has 0 saturated heterocycles. The van der Waals surface area contributed by atoms with Crippen molar-refractivity contribution in [2.45, 2.75) is 13.8 Å². The van der Waals surface area contributed by atoms with E-state index >= 15 is 0 Å². The Labute approximate surface area is 124 Å². The molecule has 0 saturated carbocycles. The lowest BCUT2D eigenvalue weighted by Gasteiger charge is -2.19. The maximum absolute atomic E-state index is 12.0. The molecular weight excluding hydrogens is 272 g/mol. The smallest absolute Gasteiger partial charge is 0.317 e. The van der Waals surface area contributed by atoms with Gasteiger partial charge in [-0.25, -0.2) is 0 Å². The molecule has 1 amide bonds. The second kappa shape index (κ2) is 8.39. The Morgan fingerprint density at radius 2 is 2.00 bits per heavy atom. The Kier molecular flexibility index (Phi) is 6.84. The van der Waals surface area contributed by atoms with Crippen molar-refractivity contribution in [3.8, 4) is 0 Å². The molecule has 0 atom stereocenters. The van der Waals surface area contributed by atoms with Gasteiger partial charge in [0.2, 0.25) is 5.91 Å². The highest BCUT2D eigenvalue weighted by Crippen LogP contribution is 2.17. The monoisotopic (exact) mass is 294 g/mol. The number of methoxy groups -OCH3 is 1. The predicted octanol–water partition coefficient (Wildman–Crippen LogP) is 1.27. The van der Waals surface area contributed by atoms with E-state index in [1.807, 2.05) is 32.0 Å². The van der Waals surface area contributed by atoms with E-state index in [1.54, 1.807) is 0 Å². The maximum atomic E-state index is 12.0. The fourth-order valence-corrected chi connectivity index (χ4v) is 1.91. The van der Waals surface area contributed by atoms with Crippen LogP contribution in [0.4, 0.5) is 5.69 Å². The third-order valence-corrected chi connectivity index (χ3v) is 3.22. The van der Waals surface area contributed by atoms with Gasteiger partial charge in [0.25, 0.3) is 0 Å². The summed E-state index contributed by atoms with van der Waals surface area (Å²) >= 11 is 0. The molecule has 0 unspecified atom stereocenters. The summed E-state index contributed by atoms with van der Waals surface area (Å²) in [6.07, 6.45) is 0.